The van der Waals surface area contributed by atoms with E-state index in [1.54, 1.807) is 0 Å². The third-order valence-electron chi connectivity index (χ3n) is 5.38. The van der Waals surface area contributed by atoms with Crippen LogP contribution in [0.3, 0.4) is 0 Å². The molecule has 5 heteroatoms. The minimum Gasteiger partial charge on any atom is -0.382 e. The Balaban J connectivity index is 1.52. The van der Waals surface area contributed by atoms with Crippen molar-refractivity contribution in [3.8, 4) is 0 Å². The number of nitrogens with one attached hydrogen (secondary N) is 5. The third-order valence-corrected chi connectivity index (χ3v) is 5.38. The first kappa shape index (κ1) is 19.2. The predicted molar refractivity (Wildman–Crippen MR) is 120 cm³/mol. The van der Waals surface area contributed by atoms with Crippen LogP contribution in [0.1, 0.15) is 0 Å². The topological polar surface area (TPSA) is 60.1 Å². The average molecular weight is 378 g/mol. The van der Waals surface area contributed by atoms with E-state index in [4.69, 9.17) is 0 Å². The monoisotopic (exact) mass is 377 g/mol. The van der Waals surface area contributed by atoms with Gasteiger partial charge in [0.25, 0.3) is 0 Å². The highest BCUT2D eigenvalue weighted by molar-refractivity contribution is 6.10. The number of benzene rings is 3. The molecule has 0 aromatic heterocycles. The Labute approximate surface area is 167 Å². The Kier molecular flexibility index (Phi) is 6.73. The number of rotatable bonds is 3. The summed E-state index contributed by atoms with van der Waals surface area (Å²) in [6.07, 6.45) is 0. The first-order valence-corrected chi connectivity index (χ1v) is 10.4. The molecule has 1 saturated heterocycles. The fraction of sp³-hybridized carbons (Fsp3) is 0.391. The summed E-state index contributed by atoms with van der Waals surface area (Å²) < 4.78 is 0. The second kappa shape index (κ2) is 9.85. The molecule has 0 radical (unpaired) electrons. The lowest BCUT2D eigenvalue weighted by Gasteiger charge is -2.23. The Hall–Kier alpha value is -2.18. The molecule has 148 valence electrons. The van der Waals surface area contributed by atoms with Crippen molar-refractivity contribution in [2.75, 3.05) is 57.7 Å². The zero-order valence-electron chi connectivity index (χ0n) is 16.4. The van der Waals surface area contributed by atoms with Gasteiger partial charge < -0.3 is 26.6 Å². The van der Waals surface area contributed by atoms with Crippen LogP contribution in [0.2, 0.25) is 0 Å². The Bertz CT molecular complexity index is 828. The molecule has 1 fully saturated rings. The highest BCUT2D eigenvalue weighted by Crippen LogP contribution is 2.32. The van der Waals surface area contributed by atoms with Gasteiger partial charge in [0.15, 0.2) is 0 Å². The van der Waals surface area contributed by atoms with Crippen molar-refractivity contribution in [3.05, 3.63) is 54.6 Å². The van der Waals surface area contributed by atoms with Gasteiger partial charge in [0.2, 0.25) is 0 Å². The molecule has 0 amide bonds. The van der Waals surface area contributed by atoms with E-state index in [0.717, 1.165) is 52.4 Å². The van der Waals surface area contributed by atoms with Crippen LogP contribution in [-0.4, -0.2) is 58.4 Å². The smallest absolute Gasteiger partial charge is 0.0500 e. The maximum absolute atomic E-state index is 3.77. The van der Waals surface area contributed by atoms with Crippen LogP contribution < -0.4 is 26.6 Å². The summed E-state index contributed by atoms with van der Waals surface area (Å²) in [6, 6.07) is 19.9. The molecule has 3 aromatic carbocycles. The molecule has 0 spiro atoms. The van der Waals surface area contributed by atoms with E-state index >= 15 is 0 Å². The molecule has 5 nitrogen and oxygen atoms in total. The molecule has 1 aliphatic heterocycles. The fourth-order valence-corrected chi connectivity index (χ4v) is 3.89. The zero-order valence-corrected chi connectivity index (χ0v) is 16.4. The summed E-state index contributed by atoms with van der Waals surface area (Å²) in [5.74, 6) is 0. The van der Waals surface area contributed by atoms with Crippen LogP contribution >= 0.6 is 0 Å². The Morgan fingerprint density at radius 1 is 0.714 bits per heavy atom. The normalized spacial score (nSPS) is 19.8. The highest BCUT2D eigenvalue weighted by Gasteiger charge is 2.11. The molecule has 1 heterocycles. The minimum atomic E-state index is 0.374. The fourth-order valence-electron chi connectivity index (χ4n) is 3.89. The number of hydrogen-bond donors (Lipinski definition) is 5. The second-order valence-electron chi connectivity index (χ2n) is 7.43. The van der Waals surface area contributed by atoms with Crippen molar-refractivity contribution >= 4 is 27.2 Å². The van der Waals surface area contributed by atoms with E-state index in [9.17, 15) is 0 Å². The van der Waals surface area contributed by atoms with E-state index in [1.165, 1.54) is 27.2 Å². The zero-order chi connectivity index (χ0) is 19.0. The van der Waals surface area contributed by atoms with Gasteiger partial charge in [-0.15, -0.1) is 0 Å². The van der Waals surface area contributed by atoms with Crippen LogP contribution in [0.5, 0.6) is 0 Å². The lowest BCUT2D eigenvalue weighted by Crippen LogP contribution is -2.48. The minimum absolute atomic E-state index is 0.374. The molecule has 1 atom stereocenters. The Morgan fingerprint density at radius 3 is 1.96 bits per heavy atom. The van der Waals surface area contributed by atoms with E-state index in [1.807, 2.05) is 0 Å². The number of anilines is 1. The van der Waals surface area contributed by atoms with Gasteiger partial charge in [-0.3, -0.25) is 0 Å². The van der Waals surface area contributed by atoms with Crippen LogP contribution in [0.25, 0.3) is 21.5 Å². The standard InChI is InChI=1S/C23H31N5/c1-3-7-21-18(5-1)15-19-6-2-4-8-22(19)23(21)28-17-20-16-26-12-11-24-9-10-25-13-14-27-20/h1-8,15,20,24-28H,9-14,16-17H2. The maximum Gasteiger partial charge on any atom is 0.0500 e. The summed E-state index contributed by atoms with van der Waals surface area (Å²) >= 11 is 0. The molecule has 0 bridgehead atoms. The van der Waals surface area contributed by atoms with Gasteiger partial charge in [0.05, 0.1) is 0 Å². The summed E-state index contributed by atoms with van der Waals surface area (Å²) in [5.41, 5.74) is 1.24. The van der Waals surface area contributed by atoms with Gasteiger partial charge in [-0.1, -0.05) is 48.5 Å². The molecule has 0 saturated carbocycles. The van der Waals surface area contributed by atoms with Gasteiger partial charge in [-0.05, 0) is 16.8 Å². The quantitative estimate of drug-likeness (QED) is 0.453. The van der Waals surface area contributed by atoms with Crippen LogP contribution in [0.4, 0.5) is 5.69 Å². The molecular formula is C23H31N5. The van der Waals surface area contributed by atoms with Crippen molar-refractivity contribution in [3.63, 3.8) is 0 Å². The summed E-state index contributed by atoms with van der Waals surface area (Å²) in [6.45, 7) is 7.87. The van der Waals surface area contributed by atoms with Gasteiger partial charge in [0, 0.05) is 74.9 Å². The van der Waals surface area contributed by atoms with E-state index in [2.05, 4.69) is 81.2 Å². The van der Waals surface area contributed by atoms with Crippen molar-refractivity contribution in [2.45, 2.75) is 6.04 Å². The summed E-state index contributed by atoms with van der Waals surface area (Å²) in [4.78, 5) is 0. The molecule has 5 N–H and O–H groups in total. The van der Waals surface area contributed by atoms with Gasteiger partial charge >= 0.3 is 0 Å². The molecule has 1 aliphatic rings. The van der Waals surface area contributed by atoms with Crippen LogP contribution in [0.15, 0.2) is 54.6 Å². The first-order valence-electron chi connectivity index (χ1n) is 10.4. The summed E-state index contributed by atoms with van der Waals surface area (Å²) in [7, 11) is 0. The van der Waals surface area contributed by atoms with E-state index < -0.39 is 0 Å². The van der Waals surface area contributed by atoms with Gasteiger partial charge in [-0.25, -0.2) is 0 Å². The Morgan fingerprint density at radius 2 is 1.29 bits per heavy atom. The maximum atomic E-state index is 3.77. The van der Waals surface area contributed by atoms with Crippen molar-refractivity contribution < 1.29 is 0 Å². The molecule has 0 aliphatic carbocycles. The van der Waals surface area contributed by atoms with Crippen molar-refractivity contribution in [2.24, 2.45) is 0 Å². The van der Waals surface area contributed by atoms with E-state index in [0.29, 0.717) is 6.04 Å². The van der Waals surface area contributed by atoms with Gasteiger partial charge in [-0.2, -0.15) is 0 Å². The molecule has 1 unspecified atom stereocenters. The lowest BCUT2D eigenvalue weighted by atomic mass is 10.0. The van der Waals surface area contributed by atoms with Crippen molar-refractivity contribution in [1.29, 1.82) is 0 Å². The van der Waals surface area contributed by atoms with Crippen LogP contribution in [-0.2, 0) is 0 Å². The molecular weight excluding hydrogens is 346 g/mol. The largest absolute Gasteiger partial charge is 0.382 e. The predicted octanol–water partition coefficient (Wildman–Crippen LogP) is 2.15. The number of hydrogen-bond acceptors (Lipinski definition) is 5. The number of fused-ring (bicyclic) bond motifs is 2. The lowest BCUT2D eigenvalue weighted by molar-refractivity contribution is 0.464. The summed E-state index contributed by atoms with van der Waals surface area (Å²) in [5, 5.41) is 23.1. The van der Waals surface area contributed by atoms with Crippen LogP contribution in [0, 0.1) is 0 Å². The van der Waals surface area contributed by atoms with Gasteiger partial charge in [0.1, 0.15) is 0 Å². The third kappa shape index (κ3) is 4.80. The molecule has 28 heavy (non-hydrogen) atoms. The average Bonchev–Trinajstić information content (AvgIpc) is 2.72. The molecule has 3 aromatic rings. The van der Waals surface area contributed by atoms with E-state index in [-0.39, 0.29) is 0 Å². The first-order chi connectivity index (χ1) is 13.9. The molecule has 4 rings (SSSR count). The second-order valence-corrected chi connectivity index (χ2v) is 7.43. The van der Waals surface area contributed by atoms with Crippen molar-refractivity contribution in [1.82, 2.24) is 21.3 Å². The SMILES string of the molecule is c1ccc2c(NCC3CNCCNCCNCCN3)c3ccccc3cc2c1. The highest BCUT2D eigenvalue weighted by atomic mass is 15.1.